The number of anilines is 1. The van der Waals surface area contributed by atoms with Crippen LogP contribution in [0.1, 0.15) is 17.3 Å². The second-order valence-corrected chi connectivity index (χ2v) is 8.09. The molecule has 1 fully saturated rings. The number of fused-ring (bicyclic) bond motifs is 1. The number of aromatic nitrogens is 1. The van der Waals surface area contributed by atoms with Gasteiger partial charge in [0.15, 0.2) is 0 Å². The van der Waals surface area contributed by atoms with E-state index in [0.717, 1.165) is 16.3 Å². The maximum Gasteiger partial charge on any atom is 0.148 e. The molecule has 0 unspecified atom stereocenters. The Balaban J connectivity index is 1.81. The van der Waals surface area contributed by atoms with Crippen LogP contribution in [0.5, 0.6) is 0 Å². The van der Waals surface area contributed by atoms with E-state index in [2.05, 4.69) is 15.8 Å². The third-order valence-corrected chi connectivity index (χ3v) is 6.21. The number of nitrogens with one attached hydrogen (secondary N) is 1. The van der Waals surface area contributed by atoms with Gasteiger partial charge in [0.2, 0.25) is 0 Å². The van der Waals surface area contributed by atoms with Crippen LogP contribution in [0.25, 0.3) is 10.8 Å². The molecule has 8 heteroatoms. The molecule has 26 heavy (non-hydrogen) atoms. The van der Waals surface area contributed by atoms with E-state index >= 15 is 0 Å². The molecule has 0 bridgehead atoms. The monoisotopic (exact) mass is 386 g/mol. The third-order valence-electron chi connectivity index (χ3n) is 4.39. The van der Waals surface area contributed by atoms with E-state index in [0.29, 0.717) is 22.9 Å². The Bertz CT molecular complexity index is 1020. The highest BCUT2D eigenvalue weighted by atomic mass is 35.5. The fraction of sp³-hybridized carbons (Fsp3) is 0.111. The van der Waals surface area contributed by atoms with Gasteiger partial charge in [-0.3, -0.25) is 9.11 Å². The number of nitriles is 1. The lowest BCUT2D eigenvalue weighted by molar-refractivity contribution is 0.480. The Kier molecular flexibility index (Phi) is 4.23. The Labute approximate surface area is 157 Å². The molecule has 2 aromatic carbocycles. The molecule has 0 spiro atoms. The summed E-state index contributed by atoms with van der Waals surface area (Å²) in [6.07, 6.45) is 1.57. The molecule has 0 radical (unpaired) electrons. The van der Waals surface area contributed by atoms with Gasteiger partial charge in [0.05, 0.1) is 11.7 Å². The van der Waals surface area contributed by atoms with Crippen molar-refractivity contribution in [2.24, 2.45) is 0 Å². The highest BCUT2D eigenvalue weighted by molar-refractivity contribution is 8.24. The number of hydrogen-bond acceptors (Lipinski definition) is 6. The zero-order valence-corrected chi connectivity index (χ0v) is 15.1. The molecule has 0 aliphatic carbocycles. The molecule has 3 aromatic rings. The fourth-order valence-electron chi connectivity index (χ4n) is 3.18. The van der Waals surface area contributed by atoms with Crippen LogP contribution in [-0.2, 0) is 0 Å². The van der Waals surface area contributed by atoms with Crippen molar-refractivity contribution >= 4 is 39.0 Å². The summed E-state index contributed by atoms with van der Waals surface area (Å²) < 4.78 is 25.4. The number of hydrogen-bond donors (Lipinski definition) is 3. The molecule has 0 amide bonds. The predicted octanol–water partition coefficient (Wildman–Crippen LogP) is 4.49. The minimum absolute atomic E-state index is 0.257. The van der Waals surface area contributed by atoms with Crippen LogP contribution in [0.4, 0.5) is 5.69 Å². The molecule has 1 saturated heterocycles. The first-order valence-corrected chi connectivity index (χ1v) is 9.74. The maximum atomic E-state index is 10.5. The van der Waals surface area contributed by atoms with Gasteiger partial charge in [-0.15, -0.1) is 0 Å². The Morgan fingerprint density at radius 2 is 1.96 bits per heavy atom. The Morgan fingerprint density at radius 1 is 1.19 bits per heavy atom. The first-order valence-electron chi connectivity index (χ1n) is 7.86. The van der Waals surface area contributed by atoms with Crippen LogP contribution in [0.15, 0.2) is 54.7 Å². The summed E-state index contributed by atoms with van der Waals surface area (Å²) in [5, 5.41) is 11.4. The lowest BCUT2D eigenvalue weighted by Crippen LogP contribution is -2.27. The van der Waals surface area contributed by atoms with Gasteiger partial charge in [-0.25, -0.2) is 9.29 Å². The molecule has 4 rings (SSSR count). The highest BCUT2D eigenvalue weighted by Crippen LogP contribution is 2.53. The van der Waals surface area contributed by atoms with E-state index < -0.39 is 11.0 Å². The van der Waals surface area contributed by atoms with Crippen molar-refractivity contribution in [2.45, 2.75) is 6.04 Å². The first kappa shape index (κ1) is 17.1. The number of pyridine rings is 1. The molecular formula is C18H15ClN4O2S. The molecule has 0 saturated carbocycles. The molecular weight excluding hydrogens is 372 g/mol. The number of rotatable bonds is 2. The molecule has 1 aliphatic heterocycles. The van der Waals surface area contributed by atoms with Crippen LogP contribution in [0, 0.1) is 11.3 Å². The van der Waals surface area contributed by atoms with Gasteiger partial charge in [0.1, 0.15) is 11.8 Å². The van der Waals surface area contributed by atoms with E-state index in [1.807, 2.05) is 18.2 Å². The van der Waals surface area contributed by atoms with Gasteiger partial charge in [0.25, 0.3) is 0 Å². The van der Waals surface area contributed by atoms with E-state index in [1.54, 1.807) is 40.8 Å². The normalized spacial score (nSPS) is 20.1. The van der Waals surface area contributed by atoms with Gasteiger partial charge in [-0.05, 0) is 47.3 Å². The van der Waals surface area contributed by atoms with Crippen molar-refractivity contribution in [1.82, 2.24) is 9.71 Å². The minimum Gasteiger partial charge on any atom is -0.269 e. The maximum absolute atomic E-state index is 10.5. The number of nitrogens with zero attached hydrogens (tertiary/aromatic N) is 3. The first-order chi connectivity index (χ1) is 12.5. The Morgan fingerprint density at radius 3 is 2.69 bits per heavy atom. The summed E-state index contributed by atoms with van der Waals surface area (Å²) in [5.41, 5.74) is 1.92. The SMILES string of the molecule is N#Cc1nccc2cc(N3[C@@H](c4ccc(Cl)cc4)CNS3(O)O)ccc12. The average Bonchev–Trinajstić information content (AvgIpc) is 2.96. The molecule has 132 valence electrons. The van der Waals surface area contributed by atoms with Crippen molar-refractivity contribution in [3.63, 3.8) is 0 Å². The molecule has 1 aliphatic rings. The molecule has 1 atom stereocenters. The number of benzene rings is 2. The zero-order chi connectivity index (χ0) is 18.3. The molecule has 6 nitrogen and oxygen atoms in total. The van der Waals surface area contributed by atoms with E-state index in [1.165, 1.54) is 0 Å². The average molecular weight is 387 g/mol. The summed E-state index contributed by atoms with van der Waals surface area (Å²) in [4.78, 5) is 4.06. The minimum atomic E-state index is -3.16. The van der Waals surface area contributed by atoms with Gasteiger partial charge < -0.3 is 0 Å². The fourth-order valence-corrected chi connectivity index (χ4v) is 4.78. The molecule has 2 heterocycles. The van der Waals surface area contributed by atoms with Crippen LogP contribution < -0.4 is 9.03 Å². The summed E-state index contributed by atoms with van der Waals surface area (Å²) in [6.45, 7) is 0.391. The van der Waals surface area contributed by atoms with Gasteiger partial charge in [-0.2, -0.15) is 9.98 Å². The van der Waals surface area contributed by atoms with Gasteiger partial charge in [-0.1, -0.05) is 34.7 Å². The summed E-state index contributed by atoms with van der Waals surface area (Å²) in [6, 6.07) is 16.3. The smallest absolute Gasteiger partial charge is 0.148 e. The van der Waals surface area contributed by atoms with Crippen LogP contribution >= 0.6 is 22.6 Å². The largest absolute Gasteiger partial charge is 0.269 e. The number of halogens is 1. The van der Waals surface area contributed by atoms with Crippen molar-refractivity contribution in [3.05, 3.63) is 71.0 Å². The van der Waals surface area contributed by atoms with Crippen molar-refractivity contribution < 1.29 is 9.11 Å². The zero-order valence-electron chi connectivity index (χ0n) is 13.5. The molecule has 3 N–H and O–H groups in total. The van der Waals surface area contributed by atoms with Gasteiger partial charge in [0, 0.05) is 23.2 Å². The summed E-state index contributed by atoms with van der Waals surface area (Å²) >= 11 is 5.97. The summed E-state index contributed by atoms with van der Waals surface area (Å²) in [5.74, 6) is 0. The second kappa shape index (κ2) is 6.43. The topological polar surface area (TPSA) is 92.4 Å². The molecule has 1 aromatic heterocycles. The van der Waals surface area contributed by atoms with Crippen LogP contribution in [0.2, 0.25) is 5.02 Å². The van der Waals surface area contributed by atoms with Gasteiger partial charge >= 0.3 is 0 Å². The van der Waals surface area contributed by atoms with E-state index in [9.17, 15) is 14.4 Å². The third kappa shape index (κ3) is 2.88. The Hall–Kier alpha value is -2.34. The quantitative estimate of drug-likeness (QED) is 0.600. The van der Waals surface area contributed by atoms with E-state index in [-0.39, 0.29) is 6.04 Å². The summed E-state index contributed by atoms with van der Waals surface area (Å²) in [7, 11) is -3.16. The lowest BCUT2D eigenvalue weighted by Gasteiger charge is -2.40. The van der Waals surface area contributed by atoms with Crippen LogP contribution in [0.3, 0.4) is 0 Å². The van der Waals surface area contributed by atoms with Crippen molar-refractivity contribution in [2.75, 3.05) is 10.8 Å². The second-order valence-electron chi connectivity index (χ2n) is 5.94. The van der Waals surface area contributed by atoms with Crippen LogP contribution in [-0.4, -0.2) is 20.6 Å². The van der Waals surface area contributed by atoms with E-state index in [4.69, 9.17) is 11.6 Å². The predicted molar refractivity (Wildman–Crippen MR) is 104 cm³/mol. The van der Waals surface area contributed by atoms with Crippen molar-refractivity contribution in [3.8, 4) is 6.07 Å². The van der Waals surface area contributed by atoms with Crippen molar-refractivity contribution in [1.29, 1.82) is 5.26 Å². The highest BCUT2D eigenvalue weighted by Gasteiger charge is 2.38. The standard InChI is InChI=1S/C18H15ClN4O2S/c19-14-3-1-12(2-4-14)18-11-22-26(24,25)23(18)15-5-6-16-13(9-15)7-8-21-17(16)10-20/h1-9,18,22,24-25H,11H2/t18-/m1/s1. The lowest BCUT2D eigenvalue weighted by atomic mass is 10.1.